The number of rotatable bonds is 9. The van der Waals surface area contributed by atoms with Crippen molar-refractivity contribution in [1.82, 2.24) is 24.4 Å². The number of carboxylic acid groups (broad SMARTS) is 1. The average Bonchev–Trinajstić information content (AvgIpc) is 3.70. The molecule has 1 N–H and O–H groups in total. The van der Waals surface area contributed by atoms with E-state index in [2.05, 4.69) is 20.9 Å². The highest BCUT2D eigenvalue weighted by molar-refractivity contribution is 6.30. The summed E-state index contributed by atoms with van der Waals surface area (Å²) < 4.78 is 27.1. The summed E-state index contributed by atoms with van der Waals surface area (Å²) in [4.78, 5) is 27.4. The lowest BCUT2D eigenvalue weighted by atomic mass is 10.1. The number of aromatic carboxylic acids is 1. The van der Waals surface area contributed by atoms with Gasteiger partial charge in [-0.1, -0.05) is 17.7 Å². The standard InChI is InChI=1S/C29H23ClFN5O4/c30-21-2-4-26(22(31)13-21)40-17-18-5-7-32-24(11-18)20-6-9-35(14-20)15-27-34-23-3-1-19(29(37)38)12-25(23)36(27)16-28-33-8-10-39-28/h1-8,10-13H,9,14-17H2,(H,37,38). The predicted molar refractivity (Wildman–Crippen MR) is 146 cm³/mol. The van der Waals surface area contributed by atoms with E-state index in [1.165, 1.54) is 18.4 Å². The van der Waals surface area contributed by atoms with Crippen LogP contribution in [0.25, 0.3) is 16.6 Å². The molecule has 0 unspecified atom stereocenters. The number of hydrogen-bond donors (Lipinski definition) is 1. The zero-order valence-corrected chi connectivity index (χ0v) is 21.9. The second-order valence-corrected chi connectivity index (χ2v) is 9.80. The van der Waals surface area contributed by atoms with Crippen LogP contribution in [0.3, 0.4) is 0 Å². The second kappa shape index (κ2) is 10.9. The summed E-state index contributed by atoms with van der Waals surface area (Å²) >= 11 is 5.82. The van der Waals surface area contributed by atoms with Gasteiger partial charge in [0, 0.05) is 24.3 Å². The summed E-state index contributed by atoms with van der Waals surface area (Å²) in [6.45, 7) is 2.38. The van der Waals surface area contributed by atoms with Crippen LogP contribution in [0.2, 0.25) is 5.02 Å². The minimum absolute atomic E-state index is 0.136. The van der Waals surface area contributed by atoms with Crippen LogP contribution in [0.4, 0.5) is 4.39 Å². The van der Waals surface area contributed by atoms with Gasteiger partial charge in [0.25, 0.3) is 0 Å². The molecule has 1 aliphatic rings. The maximum absolute atomic E-state index is 14.1. The second-order valence-electron chi connectivity index (χ2n) is 9.36. The number of pyridine rings is 1. The van der Waals surface area contributed by atoms with Gasteiger partial charge in [0.1, 0.15) is 25.2 Å². The van der Waals surface area contributed by atoms with Crippen LogP contribution in [-0.4, -0.2) is 48.6 Å². The van der Waals surface area contributed by atoms with Gasteiger partial charge in [-0.15, -0.1) is 0 Å². The summed E-state index contributed by atoms with van der Waals surface area (Å²) in [6.07, 6.45) is 6.91. The molecule has 9 nitrogen and oxygen atoms in total. The number of carboxylic acids is 1. The van der Waals surface area contributed by atoms with E-state index in [0.29, 0.717) is 48.1 Å². The van der Waals surface area contributed by atoms with Crippen molar-refractivity contribution < 1.29 is 23.4 Å². The third-order valence-corrected chi connectivity index (χ3v) is 6.88. The van der Waals surface area contributed by atoms with Crippen LogP contribution >= 0.6 is 11.6 Å². The fourth-order valence-electron chi connectivity index (χ4n) is 4.68. The molecular formula is C29H23ClFN5O4. The van der Waals surface area contributed by atoms with Crippen molar-refractivity contribution in [1.29, 1.82) is 0 Å². The molecule has 0 aliphatic carbocycles. The van der Waals surface area contributed by atoms with E-state index in [1.807, 2.05) is 16.7 Å². The lowest BCUT2D eigenvalue weighted by molar-refractivity contribution is 0.0697. The molecule has 0 fully saturated rings. The molecule has 40 heavy (non-hydrogen) atoms. The van der Waals surface area contributed by atoms with E-state index in [9.17, 15) is 14.3 Å². The Labute approximate surface area is 233 Å². The fraction of sp³-hybridized carbons (Fsp3) is 0.172. The maximum atomic E-state index is 14.1. The minimum Gasteiger partial charge on any atom is -0.486 e. The van der Waals surface area contributed by atoms with Crippen molar-refractivity contribution >= 4 is 34.2 Å². The first-order chi connectivity index (χ1) is 19.4. The Morgan fingerprint density at radius 1 is 1.10 bits per heavy atom. The Morgan fingerprint density at radius 3 is 2.80 bits per heavy atom. The van der Waals surface area contributed by atoms with Gasteiger partial charge in [-0.05, 0) is 59.7 Å². The summed E-state index contributed by atoms with van der Waals surface area (Å²) in [5, 5.41) is 9.80. The van der Waals surface area contributed by atoms with E-state index in [-0.39, 0.29) is 17.9 Å². The Balaban J connectivity index is 1.18. The van der Waals surface area contributed by atoms with Crippen molar-refractivity contribution in [3.8, 4) is 5.75 Å². The third-order valence-electron chi connectivity index (χ3n) is 6.65. The summed E-state index contributed by atoms with van der Waals surface area (Å²) in [7, 11) is 0. The lowest BCUT2D eigenvalue weighted by Crippen LogP contribution is -2.23. The van der Waals surface area contributed by atoms with E-state index in [0.717, 1.165) is 22.7 Å². The quantitative estimate of drug-likeness (QED) is 0.254. The number of oxazole rings is 1. The van der Waals surface area contributed by atoms with Crippen molar-refractivity contribution in [2.45, 2.75) is 19.7 Å². The Kier molecular flexibility index (Phi) is 7.02. The highest BCUT2D eigenvalue weighted by atomic mass is 35.5. The van der Waals surface area contributed by atoms with Crippen LogP contribution < -0.4 is 4.74 Å². The number of hydrogen-bond acceptors (Lipinski definition) is 7. The normalized spacial score (nSPS) is 13.6. The van der Waals surface area contributed by atoms with E-state index in [4.69, 9.17) is 25.7 Å². The van der Waals surface area contributed by atoms with Gasteiger partial charge >= 0.3 is 5.97 Å². The molecule has 6 rings (SSSR count). The number of nitrogens with zero attached hydrogens (tertiary/aromatic N) is 5. The van der Waals surface area contributed by atoms with E-state index < -0.39 is 11.8 Å². The Hall–Kier alpha value is -4.54. The van der Waals surface area contributed by atoms with Crippen molar-refractivity contribution in [2.24, 2.45) is 0 Å². The Bertz CT molecular complexity index is 1730. The number of halogens is 2. The number of ether oxygens (including phenoxy) is 1. The largest absolute Gasteiger partial charge is 0.486 e. The molecular weight excluding hydrogens is 537 g/mol. The van der Waals surface area contributed by atoms with Crippen LogP contribution in [0.5, 0.6) is 5.75 Å². The molecule has 0 amide bonds. The molecule has 0 radical (unpaired) electrons. The van der Waals surface area contributed by atoms with E-state index in [1.54, 1.807) is 36.7 Å². The first-order valence-corrected chi connectivity index (χ1v) is 12.9. The highest BCUT2D eigenvalue weighted by Gasteiger charge is 2.21. The number of fused-ring (bicyclic) bond motifs is 1. The van der Waals surface area contributed by atoms with Crippen molar-refractivity contribution in [3.05, 3.63) is 113 Å². The Morgan fingerprint density at radius 2 is 2.00 bits per heavy atom. The lowest BCUT2D eigenvalue weighted by Gasteiger charge is -2.17. The third kappa shape index (κ3) is 5.45. The van der Waals surface area contributed by atoms with E-state index >= 15 is 0 Å². The molecule has 202 valence electrons. The monoisotopic (exact) mass is 559 g/mol. The molecule has 11 heteroatoms. The SMILES string of the molecule is O=C(O)c1ccc2nc(CN3CC=C(c4cc(COc5ccc(Cl)cc5F)ccn4)C3)n(Cc3ncco3)c2c1. The molecule has 1 aliphatic heterocycles. The molecule has 4 heterocycles. The van der Waals surface area contributed by atoms with Crippen LogP contribution in [-0.2, 0) is 19.7 Å². The predicted octanol–water partition coefficient (Wildman–Crippen LogP) is 5.44. The average molecular weight is 560 g/mol. The highest BCUT2D eigenvalue weighted by Crippen LogP contribution is 2.26. The first kappa shape index (κ1) is 25.7. The number of aromatic nitrogens is 4. The molecule has 3 aromatic heterocycles. The molecule has 0 spiro atoms. The number of benzene rings is 2. The van der Waals surface area contributed by atoms with Gasteiger partial charge in [0.05, 0.1) is 35.0 Å². The van der Waals surface area contributed by atoms with Crippen LogP contribution in [0.15, 0.2) is 77.7 Å². The molecule has 0 saturated carbocycles. The molecule has 2 aromatic carbocycles. The zero-order chi connectivity index (χ0) is 27.6. The van der Waals surface area contributed by atoms with Gasteiger partial charge in [-0.3, -0.25) is 9.88 Å². The topological polar surface area (TPSA) is 107 Å². The van der Waals surface area contributed by atoms with Gasteiger partial charge < -0.3 is 18.8 Å². The zero-order valence-electron chi connectivity index (χ0n) is 21.1. The number of carbonyl (C=O) groups is 1. The van der Waals surface area contributed by atoms with Crippen LogP contribution in [0.1, 0.15) is 33.3 Å². The summed E-state index contributed by atoms with van der Waals surface area (Å²) in [5.74, 6) is -0.103. The first-order valence-electron chi connectivity index (χ1n) is 12.5. The minimum atomic E-state index is -1.00. The molecule has 5 aromatic rings. The summed E-state index contributed by atoms with van der Waals surface area (Å²) in [5.41, 5.74) is 4.33. The molecule has 0 atom stereocenters. The van der Waals surface area contributed by atoms with Gasteiger partial charge in [-0.25, -0.2) is 19.2 Å². The van der Waals surface area contributed by atoms with Crippen molar-refractivity contribution in [2.75, 3.05) is 13.1 Å². The van der Waals surface area contributed by atoms with Gasteiger partial charge in [0.15, 0.2) is 11.6 Å². The number of imidazole rings is 1. The fourth-order valence-corrected chi connectivity index (χ4v) is 4.84. The summed E-state index contributed by atoms with van der Waals surface area (Å²) in [6, 6.07) is 13.0. The smallest absolute Gasteiger partial charge is 0.335 e. The van der Waals surface area contributed by atoms with Gasteiger partial charge in [0.2, 0.25) is 5.89 Å². The molecule has 0 bridgehead atoms. The maximum Gasteiger partial charge on any atom is 0.335 e. The van der Waals surface area contributed by atoms with Crippen LogP contribution in [0, 0.1) is 5.82 Å². The van der Waals surface area contributed by atoms with Gasteiger partial charge in [-0.2, -0.15) is 0 Å². The van der Waals surface area contributed by atoms with Crippen molar-refractivity contribution in [3.63, 3.8) is 0 Å². The molecule has 0 saturated heterocycles.